The minimum Gasteiger partial charge on any atom is -0.502 e. The molecule has 0 aliphatic heterocycles. The Morgan fingerprint density at radius 3 is 2.33 bits per heavy atom. The molecular weight excluding hydrogens is 228 g/mol. The molecule has 0 aliphatic rings. The highest BCUT2D eigenvalue weighted by molar-refractivity contribution is 5.18. The molecule has 1 unspecified atom stereocenters. The standard InChI is InChI=1S/C15H22O3/c1-12(16-4)11-14(18-15(2,3)17-5)13-9-7-6-8-10-13/h6-10,14H,1,11H2,2-5H3. The number of benzene rings is 1. The van der Waals surface area contributed by atoms with Gasteiger partial charge in [-0.2, -0.15) is 0 Å². The van der Waals surface area contributed by atoms with Gasteiger partial charge in [-0.3, -0.25) is 0 Å². The first-order valence-electron chi connectivity index (χ1n) is 5.98. The van der Waals surface area contributed by atoms with Crippen LogP contribution in [0.1, 0.15) is 31.9 Å². The molecule has 0 aromatic heterocycles. The SMILES string of the molecule is C=C(CC(OC(C)(C)OC)c1ccccc1)OC. The van der Waals surface area contributed by atoms with Crippen molar-refractivity contribution in [3.8, 4) is 0 Å². The van der Waals surface area contributed by atoms with E-state index in [9.17, 15) is 0 Å². The Morgan fingerprint density at radius 2 is 1.83 bits per heavy atom. The molecule has 0 saturated heterocycles. The molecular formula is C15H22O3. The van der Waals surface area contributed by atoms with Crippen LogP contribution < -0.4 is 0 Å². The summed E-state index contributed by atoms with van der Waals surface area (Å²) in [5, 5.41) is 0. The van der Waals surface area contributed by atoms with E-state index < -0.39 is 5.79 Å². The molecule has 0 spiro atoms. The summed E-state index contributed by atoms with van der Waals surface area (Å²) in [6, 6.07) is 10.0. The molecule has 1 aromatic carbocycles. The third kappa shape index (κ3) is 4.51. The van der Waals surface area contributed by atoms with Crippen LogP contribution in [-0.2, 0) is 14.2 Å². The van der Waals surface area contributed by atoms with Gasteiger partial charge in [-0.05, 0) is 19.4 Å². The summed E-state index contributed by atoms with van der Waals surface area (Å²) in [7, 11) is 3.25. The van der Waals surface area contributed by atoms with Gasteiger partial charge in [0.05, 0.1) is 19.0 Å². The van der Waals surface area contributed by atoms with Crippen LogP contribution in [0.25, 0.3) is 0 Å². The van der Waals surface area contributed by atoms with Crippen LogP contribution in [0.15, 0.2) is 42.7 Å². The second-order valence-electron chi connectivity index (χ2n) is 4.57. The minimum absolute atomic E-state index is 0.131. The first-order valence-corrected chi connectivity index (χ1v) is 5.98. The molecule has 1 atom stereocenters. The lowest BCUT2D eigenvalue weighted by atomic mass is 10.1. The maximum absolute atomic E-state index is 5.98. The van der Waals surface area contributed by atoms with Crippen LogP contribution in [-0.4, -0.2) is 20.0 Å². The highest BCUT2D eigenvalue weighted by Gasteiger charge is 2.25. The topological polar surface area (TPSA) is 27.7 Å². The van der Waals surface area contributed by atoms with Crippen LogP contribution in [0.4, 0.5) is 0 Å². The average molecular weight is 250 g/mol. The molecule has 0 fully saturated rings. The Kier molecular flexibility index (Phi) is 5.38. The van der Waals surface area contributed by atoms with Crippen LogP contribution in [0.5, 0.6) is 0 Å². The lowest BCUT2D eigenvalue weighted by Gasteiger charge is -2.30. The lowest BCUT2D eigenvalue weighted by molar-refractivity contribution is -0.226. The summed E-state index contributed by atoms with van der Waals surface area (Å²) >= 11 is 0. The predicted octanol–water partition coefficient (Wildman–Crippen LogP) is 3.68. The molecule has 3 nitrogen and oxygen atoms in total. The van der Waals surface area contributed by atoms with Gasteiger partial charge in [0.2, 0.25) is 0 Å². The van der Waals surface area contributed by atoms with Crippen LogP contribution in [0.3, 0.4) is 0 Å². The van der Waals surface area contributed by atoms with Gasteiger partial charge in [-0.1, -0.05) is 36.9 Å². The first-order chi connectivity index (χ1) is 8.48. The zero-order valence-corrected chi connectivity index (χ0v) is 11.6. The molecule has 0 amide bonds. The maximum atomic E-state index is 5.98. The third-order valence-electron chi connectivity index (χ3n) is 2.79. The van der Waals surface area contributed by atoms with Gasteiger partial charge < -0.3 is 14.2 Å². The molecule has 0 heterocycles. The van der Waals surface area contributed by atoms with Crippen molar-refractivity contribution < 1.29 is 14.2 Å². The van der Waals surface area contributed by atoms with E-state index >= 15 is 0 Å². The fourth-order valence-electron chi connectivity index (χ4n) is 1.58. The fourth-order valence-corrected chi connectivity index (χ4v) is 1.58. The van der Waals surface area contributed by atoms with E-state index in [1.165, 1.54) is 0 Å². The Bertz CT molecular complexity index is 371. The maximum Gasteiger partial charge on any atom is 0.163 e. The van der Waals surface area contributed by atoms with E-state index in [4.69, 9.17) is 14.2 Å². The van der Waals surface area contributed by atoms with Crippen molar-refractivity contribution in [1.29, 1.82) is 0 Å². The summed E-state index contributed by atoms with van der Waals surface area (Å²) < 4.78 is 16.4. The molecule has 1 aromatic rings. The molecule has 100 valence electrons. The van der Waals surface area contributed by atoms with Crippen molar-refractivity contribution in [2.75, 3.05) is 14.2 Å². The van der Waals surface area contributed by atoms with Crippen LogP contribution in [0, 0.1) is 0 Å². The largest absolute Gasteiger partial charge is 0.502 e. The monoisotopic (exact) mass is 250 g/mol. The van der Waals surface area contributed by atoms with Gasteiger partial charge in [-0.25, -0.2) is 0 Å². The zero-order chi connectivity index (χ0) is 13.6. The molecule has 3 heteroatoms. The van der Waals surface area contributed by atoms with Gasteiger partial charge >= 0.3 is 0 Å². The third-order valence-corrected chi connectivity index (χ3v) is 2.79. The van der Waals surface area contributed by atoms with Crippen molar-refractivity contribution in [3.05, 3.63) is 48.2 Å². The van der Waals surface area contributed by atoms with E-state index in [2.05, 4.69) is 6.58 Å². The molecule has 0 aliphatic carbocycles. The molecule has 18 heavy (non-hydrogen) atoms. The highest BCUT2D eigenvalue weighted by atomic mass is 16.7. The van der Waals surface area contributed by atoms with Gasteiger partial charge in [0.15, 0.2) is 5.79 Å². The number of ether oxygens (including phenoxy) is 3. The van der Waals surface area contributed by atoms with Crippen molar-refractivity contribution in [3.63, 3.8) is 0 Å². The van der Waals surface area contributed by atoms with E-state index in [0.29, 0.717) is 12.2 Å². The van der Waals surface area contributed by atoms with E-state index in [1.54, 1.807) is 14.2 Å². The summed E-state index contributed by atoms with van der Waals surface area (Å²) in [4.78, 5) is 0. The van der Waals surface area contributed by atoms with E-state index in [0.717, 1.165) is 5.56 Å². The van der Waals surface area contributed by atoms with Crippen molar-refractivity contribution in [2.45, 2.75) is 32.2 Å². The van der Waals surface area contributed by atoms with Crippen molar-refractivity contribution in [1.82, 2.24) is 0 Å². The highest BCUT2D eigenvalue weighted by Crippen LogP contribution is 2.29. The van der Waals surface area contributed by atoms with Crippen LogP contribution in [0.2, 0.25) is 0 Å². The first kappa shape index (κ1) is 14.7. The van der Waals surface area contributed by atoms with Crippen LogP contribution >= 0.6 is 0 Å². The molecule has 1 rings (SSSR count). The quantitative estimate of drug-likeness (QED) is 0.546. The number of hydrogen-bond acceptors (Lipinski definition) is 3. The predicted molar refractivity (Wildman–Crippen MR) is 72.1 cm³/mol. The van der Waals surface area contributed by atoms with Crippen molar-refractivity contribution in [2.24, 2.45) is 0 Å². The fraction of sp³-hybridized carbons (Fsp3) is 0.467. The van der Waals surface area contributed by atoms with E-state index in [1.807, 2.05) is 44.2 Å². The second-order valence-corrected chi connectivity index (χ2v) is 4.57. The van der Waals surface area contributed by atoms with Gasteiger partial charge in [0.25, 0.3) is 0 Å². The average Bonchev–Trinajstić information content (AvgIpc) is 2.38. The Morgan fingerprint density at radius 1 is 1.22 bits per heavy atom. The second kappa shape index (κ2) is 6.57. The number of rotatable bonds is 7. The molecule has 0 saturated carbocycles. The molecule has 0 N–H and O–H groups in total. The lowest BCUT2D eigenvalue weighted by Crippen LogP contribution is -2.29. The normalized spacial score (nSPS) is 13.1. The summed E-state index contributed by atoms with van der Waals surface area (Å²) in [5.41, 5.74) is 1.08. The molecule has 0 radical (unpaired) electrons. The van der Waals surface area contributed by atoms with Gasteiger partial charge in [-0.15, -0.1) is 0 Å². The Labute approximate surface area is 109 Å². The Hall–Kier alpha value is -1.32. The van der Waals surface area contributed by atoms with Crippen molar-refractivity contribution >= 4 is 0 Å². The number of hydrogen-bond donors (Lipinski definition) is 0. The Balaban J connectivity index is 2.85. The van der Waals surface area contributed by atoms with Gasteiger partial charge in [0.1, 0.15) is 0 Å². The minimum atomic E-state index is -0.644. The summed E-state index contributed by atoms with van der Waals surface area (Å²) in [6.07, 6.45) is 0.474. The summed E-state index contributed by atoms with van der Waals surface area (Å²) in [6.45, 7) is 7.63. The zero-order valence-electron chi connectivity index (χ0n) is 11.6. The molecule has 0 bridgehead atoms. The number of methoxy groups -OCH3 is 2. The van der Waals surface area contributed by atoms with Gasteiger partial charge in [0, 0.05) is 13.5 Å². The van der Waals surface area contributed by atoms with E-state index in [-0.39, 0.29) is 6.10 Å². The summed E-state index contributed by atoms with van der Waals surface area (Å²) in [5.74, 6) is 0.0462. The smallest absolute Gasteiger partial charge is 0.163 e.